The summed E-state index contributed by atoms with van der Waals surface area (Å²) in [6.45, 7) is 3.65. The first-order chi connectivity index (χ1) is 19.5. The summed E-state index contributed by atoms with van der Waals surface area (Å²) in [6, 6.07) is 10.9. The Morgan fingerprint density at radius 2 is 2.05 bits per heavy atom. The van der Waals surface area contributed by atoms with Gasteiger partial charge in [0.2, 0.25) is 11.9 Å². The number of ether oxygens (including phenoxy) is 1. The number of hydrogen-bond donors (Lipinski definition) is 3. The zero-order valence-electron chi connectivity index (χ0n) is 22.1. The smallest absolute Gasteiger partial charge is 0.244 e. The number of aromatic amines is 1. The Balaban J connectivity index is 1.26. The third-order valence-electron chi connectivity index (χ3n) is 7.17. The molecule has 1 fully saturated rings. The number of methoxy groups -OCH3 is 1. The number of nitrogens with zero attached hydrogens (tertiary/aromatic N) is 5. The summed E-state index contributed by atoms with van der Waals surface area (Å²) in [7, 11) is 3.68. The number of aromatic nitrogens is 4. The predicted molar refractivity (Wildman–Crippen MR) is 156 cm³/mol. The molecule has 1 amide bonds. The van der Waals surface area contributed by atoms with Gasteiger partial charge in [0, 0.05) is 56.1 Å². The van der Waals surface area contributed by atoms with Crippen LogP contribution in [0.4, 0.5) is 21.7 Å². The first-order valence-electron chi connectivity index (χ1n) is 13.0. The molecule has 4 heterocycles. The Morgan fingerprint density at radius 1 is 1.20 bits per heavy atom. The number of halogens is 1. The van der Waals surface area contributed by atoms with E-state index in [2.05, 4.69) is 47.4 Å². The van der Waals surface area contributed by atoms with E-state index in [1.807, 2.05) is 36.4 Å². The van der Waals surface area contributed by atoms with Gasteiger partial charge in [-0.15, -0.1) is 11.3 Å². The molecule has 0 unspecified atom stereocenters. The van der Waals surface area contributed by atoms with Crippen molar-refractivity contribution in [2.75, 3.05) is 57.6 Å². The van der Waals surface area contributed by atoms with Crippen LogP contribution in [-0.4, -0.2) is 88.6 Å². The summed E-state index contributed by atoms with van der Waals surface area (Å²) in [6.07, 6.45) is 2.86. The number of rotatable bonds is 8. The second-order valence-corrected chi connectivity index (χ2v) is 10.7. The van der Waals surface area contributed by atoms with E-state index in [0.717, 1.165) is 53.7 Å². The predicted octanol–water partition coefficient (Wildman–Crippen LogP) is 4.32. The van der Waals surface area contributed by atoms with Crippen LogP contribution < -0.4 is 10.6 Å². The van der Waals surface area contributed by atoms with Crippen LogP contribution in [0.25, 0.3) is 32.4 Å². The number of anilines is 3. The van der Waals surface area contributed by atoms with Gasteiger partial charge in [-0.3, -0.25) is 9.69 Å². The molecule has 1 saturated heterocycles. The van der Waals surface area contributed by atoms with Crippen LogP contribution in [0.1, 0.15) is 0 Å². The van der Waals surface area contributed by atoms with Gasteiger partial charge < -0.3 is 25.3 Å². The molecule has 3 N–H and O–H groups in total. The third-order valence-corrected chi connectivity index (χ3v) is 7.96. The maximum atomic E-state index is 15.0. The van der Waals surface area contributed by atoms with Crippen LogP contribution in [-0.2, 0) is 9.53 Å². The molecular formula is C28H29FN8O2S. The Labute approximate surface area is 234 Å². The Morgan fingerprint density at radius 3 is 2.88 bits per heavy atom. The maximum absolute atomic E-state index is 15.0. The topological polar surface area (TPSA) is 111 Å². The molecule has 40 heavy (non-hydrogen) atoms. The lowest BCUT2D eigenvalue weighted by atomic mass is 10.1. The Kier molecular flexibility index (Phi) is 7.39. The van der Waals surface area contributed by atoms with Crippen molar-refractivity contribution >= 4 is 55.7 Å². The normalized spacial score (nSPS) is 15.5. The zero-order chi connectivity index (χ0) is 27.6. The number of amides is 1. The number of para-hydroxylation sites is 1. The van der Waals surface area contributed by atoms with Crippen molar-refractivity contribution in [3.05, 3.63) is 60.1 Å². The van der Waals surface area contributed by atoms with E-state index in [0.29, 0.717) is 23.4 Å². The fraction of sp³-hybridized carbons (Fsp3) is 0.286. The lowest BCUT2D eigenvalue weighted by Crippen LogP contribution is -2.54. The van der Waals surface area contributed by atoms with Crippen molar-refractivity contribution in [2.24, 2.45) is 0 Å². The summed E-state index contributed by atoms with van der Waals surface area (Å²) in [4.78, 5) is 33.9. The number of H-pyrrole nitrogens is 1. The van der Waals surface area contributed by atoms with E-state index in [9.17, 15) is 4.79 Å². The number of piperazine rings is 1. The van der Waals surface area contributed by atoms with Gasteiger partial charge >= 0.3 is 0 Å². The number of thiazole rings is 1. The van der Waals surface area contributed by atoms with Crippen LogP contribution in [0.15, 0.2) is 54.3 Å². The molecule has 1 aliphatic heterocycles. The molecule has 1 aliphatic rings. The summed E-state index contributed by atoms with van der Waals surface area (Å²) in [5.41, 5.74) is 5.50. The van der Waals surface area contributed by atoms with Gasteiger partial charge in [-0.25, -0.2) is 19.3 Å². The second-order valence-electron chi connectivity index (χ2n) is 9.78. The van der Waals surface area contributed by atoms with Crippen molar-refractivity contribution in [1.82, 2.24) is 29.7 Å². The van der Waals surface area contributed by atoms with E-state index in [4.69, 9.17) is 4.74 Å². The number of carbonyl (C=O) groups is 1. The molecule has 0 radical (unpaired) electrons. The molecule has 10 nitrogen and oxygen atoms in total. The van der Waals surface area contributed by atoms with Gasteiger partial charge in [0.1, 0.15) is 11.7 Å². The molecule has 206 valence electrons. The van der Waals surface area contributed by atoms with E-state index < -0.39 is 11.9 Å². The van der Waals surface area contributed by atoms with Crippen LogP contribution in [0.5, 0.6) is 0 Å². The van der Waals surface area contributed by atoms with Gasteiger partial charge in [0.25, 0.3) is 0 Å². The zero-order valence-corrected chi connectivity index (χ0v) is 23.0. The van der Waals surface area contributed by atoms with E-state index in [-0.39, 0.29) is 17.5 Å². The SMILES string of the molecule is COC[C@H](C(=O)Nc1cccc2c(-c3nc(Nc4ccc5ncsc5c4)ncc3F)c[nH]c12)N1CCN(C)CC1. The molecule has 0 bridgehead atoms. The van der Waals surface area contributed by atoms with Gasteiger partial charge in [-0.2, -0.15) is 0 Å². The molecule has 6 rings (SSSR count). The quantitative estimate of drug-likeness (QED) is 0.257. The fourth-order valence-electron chi connectivity index (χ4n) is 4.99. The lowest BCUT2D eigenvalue weighted by Gasteiger charge is -2.36. The molecule has 1 atom stereocenters. The molecule has 0 saturated carbocycles. The first kappa shape index (κ1) is 26.3. The summed E-state index contributed by atoms with van der Waals surface area (Å²) < 4.78 is 21.4. The Hall–Kier alpha value is -3.97. The number of likely N-dealkylation sites (N-methyl/N-ethyl adjacent to an activating group) is 1. The maximum Gasteiger partial charge on any atom is 0.244 e. The Bertz CT molecular complexity index is 1660. The number of carbonyl (C=O) groups excluding carboxylic acids is 1. The van der Waals surface area contributed by atoms with Crippen LogP contribution in [0, 0.1) is 5.82 Å². The number of benzene rings is 2. The highest BCUT2D eigenvalue weighted by molar-refractivity contribution is 7.16. The van der Waals surface area contributed by atoms with E-state index in [1.54, 1.807) is 18.8 Å². The van der Waals surface area contributed by atoms with Crippen LogP contribution >= 0.6 is 11.3 Å². The highest BCUT2D eigenvalue weighted by Crippen LogP contribution is 2.33. The third kappa shape index (κ3) is 5.26. The van der Waals surface area contributed by atoms with E-state index >= 15 is 4.39 Å². The summed E-state index contributed by atoms with van der Waals surface area (Å²) >= 11 is 1.54. The molecule has 3 aromatic heterocycles. The second kappa shape index (κ2) is 11.3. The highest BCUT2D eigenvalue weighted by Gasteiger charge is 2.29. The summed E-state index contributed by atoms with van der Waals surface area (Å²) in [5, 5.41) is 6.96. The minimum Gasteiger partial charge on any atom is -0.383 e. The molecule has 5 aromatic rings. The monoisotopic (exact) mass is 560 g/mol. The average molecular weight is 561 g/mol. The number of hydrogen-bond acceptors (Lipinski definition) is 9. The minimum atomic E-state index is -0.547. The van der Waals surface area contributed by atoms with Gasteiger partial charge in [-0.05, 0) is 31.3 Å². The van der Waals surface area contributed by atoms with Crippen molar-refractivity contribution in [3.63, 3.8) is 0 Å². The molecular weight excluding hydrogens is 531 g/mol. The molecule has 2 aromatic carbocycles. The number of nitrogens with one attached hydrogen (secondary N) is 3. The molecule has 12 heteroatoms. The van der Waals surface area contributed by atoms with Gasteiger partial charge in [-0.1, -0.05) is 12.1 Å². The highest BCUT2D eigenvalue weighted by atomic mass is 32.1. The van der Waals surface area contributed by atoms with Crippen LogP contribution in [0.3, 0.4) is 0 Å². The number of fused-ring (bicyclic) bond motifs is 2. The first-order valence-corrected chi connectivity index (χ1v) is 13.8. The van der Waals surface area contributed by atoms with Crippen molar-refractivity contribution in [2.45, 2.75) is 6.04 Å². The molecule has 0 aliphatic carbocycles. The summed E-state index contributed by atoms with van der Waals surface area (Å²) in [5.74, 6) is -0.421. The van der Waals surface area contributed by atoms with E-state index in [1.165, 1.54) is 11.3 Å². The fourth-order valence-corrected chi connectivity index (χ4v) is 5.70. The standard InChI is InChI=1S/C28H29FN8O2S/c1-36-8-10-37(11-9-36)23(15-39-2)27(38)34-22-5-3-4-18-19(13-30-26(18)22)25-20(29)14-31-28(35-25)33-17-6-7-21-24(12-17)40-16-32-21/h3-7,12-14,16,23,30H,8-11,15H2,1-2H3,(H,34,38)(H,31,33,35)/t23-/m1/s1. The van der Waals surface area contributed by atoms with Crippen molar-refractivity contribution in [3.8, 4) is 11.3 Å². The lowest BCUT2D eigenvalue weighted by molar-refractivity contribution is -0.124. The molecule has 0 spiro atoms. The van der Waals surface area contributed by atoms with Crippen molar-refractivity contribution in [1.29, 1.82) is 0 Å². The van der Waals surface area contributed by atoms with Gasteiger partial charge in [0.05, 0.1) is 39.7 Å². The largest absolute Gasteiger partial charge is 0.383 e. The van der Waals surface area contributed by atoms with Crippen molar-refractivity contribution < 1.29 is 13.9 Å². The van der Waals surface area contributed by atoms with Crippen LogP contribution in [0.2, 0.25) is 0 Å². The minimum absolute atomic E-state index is 0.146. The van der Waals surface area contributed by atoms with Gasteiger partial charge in [0.15, 0.2) is 5.82 Å². The average Bonchev–Trinajstić information content (AvgIpc) is 3.61.